The highest BCUT2D eigenvalue weighted by Gasteiger charge is 2.46. The Morgan fingerprint density at radius 2 is 1.74 bits per heavy atom. The van der Waals surface area contributed by atoms with Crippen molar-refractivity contribution < 1.29 is 45.1 Å². The average Bonchev–Trinajstić information content (AvgIpc) is 3.68. The highest BCUT2D eigenvalue weighted by Crippen LogP contribution is 2.43. The van der Waals surface area contributed by atoms with E-state index in [0.717, 1.165) is 30.5 Å². The molecular formula is C27H28Cl2F4N2O6S. The standard InChI is InChI=1S/C27H28Cl2F4N2O6S/c1-26(2)14-40-20(8-15-6-18(28)10-19(29)7-15)13-34(26)12-17-9-23(30)22(11-21(17)16-4-5-16)24(36)35(42(3,38)39)41-25(37)27(31,32)33/h6-7,9-11,16,20H,4-5,8,12-14H2,1-3H3/t20-/m1/s1. The molecule has 0 radical (unpaired) electrons. The van der Waals surface area contributed by atoms with Gasteiger partial charge in [-0.2, -0.15) is 13.2 Å². The van der Waals surface area contributed by atoms with Crippen LogP contribution in [0.2, 0.25) is 10.0 Å². The molecule has 8 nitrogen and oxygen atoms in total. The van der Waals surface area contributed by atoms with Crippen LogP contribution in [0.4, 0.5) is 17.6 Å². The first-order valence-corrected chi connectivity index (χ1v) is 15.4. The molecule has 2 fully saturated rings. The molecule has 0 bridgehead atoms. The summed E-state index contributed by atoms with van der Waals surface area (Å²) in [5.41, 5.74) is 0.664. The van der Waals surface area contributed by atoms with Crippen LogP contribution in [0.25, 0.3) is 0 Å². The maximum Gasteiger partial charge on any atom is 0.493 e. The van der Waals surface area contributed by atoms with Crippen LogP contribution in [0.3, 0.4) is 0 Å². The van der Waals surface area contributed by atoms with Gasteiger partial charge >= 0.3 is 18.1 Å². The second-order valence-corrected chi connectivity index (χ2v) is 13.8. The summed E-state index contributed by atoms with van der Waals surface area (Å²) in [6.45, 7) is 4.99. The van der Waals surface area contributed by atoms with Gasteiger partial charge in [-0.05, 0) is 86.1 Å². The van der Waals surface area contributed by atoms with E-state index in [9.17, 15) is 31.2 Å². The van der Waals surface area contributed by atoms with Crippen LogP contribution < -0.4 is 0 Å². The summed E-state index contributed by atoms with van der Waals surface area (Å²) in [6.07, 6.45) is -3.52. The number of hydrogen-bond donors (Lipinski definition) is 0. The number of hydroxylamine groups is 1. The van der Waals surface area contributed by atoms with Gasteiger partial charge < -0.3 is 9.57 Å². The van der Waals surface area contributed by atoms with Crippen molar-refractivity contribution in [3.63, 3.8) is 0 Å². The smallest absolute Gasteiger partial charge is 0.375 e. The number of ether oxygens (including phenoxy) is 1. The second-order valence-electron chi connectivity index (χ2n) is 11.1. The van der Waals surface area contributed by atoms with E-state index in [0.29, 0.717) is 47.0 Å². The number of carbonyl (C=O) groups excluding carboxylic acids is 2. The Labute approximate surface area is 250 Å². The lowest BCUT2D eigenvalue weighted by Crippen LogP contribution is -2.56. The molecule has 1 amide bonds. The zero-order valence-corrected chi connectivity index (χ0v) is 25.1. The number of carbonyl (C=O) groups is 2. The molecule has 2 aliphatic rings. The van der Waals surface area contributed by atoms with Gasteiger partial charge in [0.1, 0.15) is 5.82 Å². The average molecular weight is 655 g/mol. The van der Waals surface area contributed by atoms with Crippen molar-refractivity contribution in [2.75, 3.05) is 19.4 Å². The summed E-state index contributed by atoms with van der Waals surface area (Å²) in [6, 6.07) is 7.42. The summed E-state index contributed by atoms with van der Waals surface area (Å²) in [4.78, 5) is 30.2. The Balaban J connectivity index is 1.61. The van der Waals surface area contributed by atoms with Crippen LogP contribution in [0.15, 0.2) is 30.3 Å². The van der Waals surface area contributed by atoms with Crippen LogP contribution in [0.5, 0.6) is 0 Å². The predicted octanol–water partition coefficient (Wildman–Crippen LogP) is 5.65. The molecule has 1 saturated heterocycles. The SMILES string of the molecule is CC1(C)CO[C@H](Cc2cc(Cl)cc(Cl)c2)CN1Cc1cc(F)c(C(=O)N(OC(=O)C(F)(F)F)S(C)(=O)=O)cc1C1CC1. The van der Waals surface area contributed by atoms with Gasteiger partial charge in [0.25, 0.3) is 10.0 Å². The number of halogens is 6. The lowest BCUT2D eigenvalue weighted by Gasteiger charge is -2.45. The van der Waals surface area contributed by atoms with E-state index < -0.39 is 49.5 Å². The van der Waals surface area contributed by atoms with E-state index >= 15 is 4.39 Å². The molecule has 1 aliphatic heterocycles. The third-order valence-electron chi connectivity index (χ3n) is 7.04. The van der Waals surface area contributed by atoms with Crippen LogP contribution >= 0.6 is 23.2 Å². The fourth-order valence-corrected chi connectivity index (χ4v) is 5.92. The van der Waals surface area contributed by atoms with Crippen LogP contribution in [-0.2, 0) is 37.4 Å². The fourth-order valence-electron chi connectivity index (χ4n) is 4.75. The molecule has 0 spiro atoms. The monoisotopic (exact) mass is 654 g/mol. The minimum atomic E-state index is -5.59. The summed E-state index contributed by atoms with van der Waals surface area (Å²) in [5, 5.41) is 0.986. The second kappa shape index (κ2) is 11.9. The largest absolute Gasteiger partial charge is 0.493 e. The normalized spacial score (nSPS) is 19.4. The van der Waals surface area contributed by atoms with E-state index in [4.69, 9.17) is 27.9 Å². The Morgan fingerprint density at radius 1 is 1.12 bits per heavy atom. The molecule has 2 aromatic carbocycles. The Hall–Kier alpha value is -2.45. The van der Waals surface area contributed by atoms with Gasteiger partial charge in [0.05, 0.1) is 24.5 Å². The first-order chi connectivity index (χ1) is 19.3. The first kappa shape index (κ1) is 32.5. The van der Waals surface area contributed by atoms with Gasteiger partial charge in [0.15, 0.2) is 0 Å². The molecular weight excluding hydrogens is 627 g/mol. The van der Waals surface area contributed by atoms with Gasteiger partial charge in [-0.1, -0.05) is 27.7 Å². The van der Waals surface area contributed by atoms with Crippen molar-refractivity contribution in [2.24, 2.45) is 0 Å². The highest BCUT2D eigenvalue weighted by atomic mass is 35.5. The van der Waals surface area contributed by atoms with Gasteiger partial charge in [-0.15, -0.1) is 0 Å². The van der Waals surface area contributed by atoms with E-state index in [1.807, 2.05) is 13.8 Å². The van der Waals surface area contributed by atoms with E-state index in [1.165, 1.54) is 0 Å². The Bertz CT molecular complexity index is 1480. The summed E-state index contributed by atoms with van der Waals surface area (Å²) >= 11 is 12.3. The lowest BCUT2D eigenvalue weighted by molar-refractivity contribution is -0.216. The predicted molar refractivity (Wildman–Crippen MR) is 146 cm³/mol. The van der Waals surface area contributed by atoms with Gasteiger partial charge in [0.2, 0.25) is 0 Å². The van der Waals surface area contributed by atoms with Gasteiger partial charge in [0, 0.05) is 28.7 Å². The maximum absolute atomic E-state index is 15.4. The third kappa shape index (κ3) is 7.73. The number of rotatable bonds is 7. The van der Waals surface area contributed by atoms with Crippen molar-refractivity contribution in [1.82, 2.24) is 9.37 Å². The van der Waals surface area contributed by atoms with Crippen molar-refractivity contribution in [1.29, 1.82) is 0 Å². The first-order valence-electron chi connectivity index (χ1n) is 12.8. The van der Waals surface area contributed by atoms with Crippen LogP contribution in [-0.4, -0.2) is 66.9 Å². The molecule has 1 aliphatic carbocycles. The topological polar surface area (TPSA) is 93.2 Å². The molecule has 1 saturated carbocycles. The molecule has 1 heterocycles. The van der Waals surface area contributed by atoms with Crippen LogP contribution in [0.1, 0.15) is 59.7 Å². The Kier molecular flexibility index (Phi) is 9.21. The minimum Gasteiger partial charge on any atom is -0.375 e. The van der Waals surface area contributed by atoms with Crippen molar-refractivity contribution in [3.05, 3.63) is 68.4 Å². The number of morpholine rings is 1. The summed E-state index contributed by atoms with van der Waals surface area (Å²) in [5.74, 6) is -5.93. The molecule has 0 aromatic heterocycles. The van der Waals surface area contributed by atoms with Gasteiger partial charge in [-0.25, -0.2) is 17.6 Å². The molecule has 1 atom stereocenters. The molecule has 0 unspecified atom stereocenters. The Morgan fingerprint density at radius 3 is 2.29 bits per heavy atom. The lowest BCUT2D eigenvalue weighted by atomic mass is 9.94. The minimum absolute atomic E-state index is 0.0647. The van der Waals surface area contributed by atoms with Gasteiger partial charge in [-0.3, -0.25) is 9.69 Å². The number of hydrogen-bond acceptors (Lipinski definition) is 7. The van der Waals surface area contributed by atoms with Crippen LogP contribution in [0, 0.1) is 5.82 Å². The highest BCUT2D eigenvalue weighted by molar-refractivity contribution is 7.88. The fraction of sp³-hybridized carbons (Fsp3) is 0.481. The number of amides is 1. The van der Waals surface area contributed by atoms with E-state index in [1.54, 1.807) is 18.2 Å². The number of nitrogens with zero attached hydrogens (tertiary/aromatic N) is 2. The molecule has 15 heteroatoms. The number of sulfonamides is 1. The van der Waals surface area contributed by atoms with Crippen molar-refractivity contribution >= 4 is 45.1 Å². The molecule has 42 heavy (non-hydrogen) atoms. The quantitative estimate of drug-likeness (QED) is 0.281. The summed E-state index contributed by atoms with van der Waals surface area (Å²) in [7, 11) is -4.85. The van der Waals surface area contributed by atoms with E-state index in [-0.39, 0.29) is 18.6 Å². The molecule has 4 rings (SSSR count). The zero-order chi connectivity index (χ0) is 31.2. The van der Waals surface area contributed by atoms with E-state index in [2.05, 4.69) is 9.74 Å². The molecule has 2 aromatic rings. The molecule has 0 N–H and O–H groups in total. The summed E-state index contributed by atoms with van der Waals surface area (Å²) < 4.78 is 83.1. The number of alkyl halides is 3. The number of benzene rings is 2. The van der Waals surface area contributed by atoms with Crippen molar-refractivity contribution in [2.45, 2.75) is 63.4 Å². The third-order valence-corrected chi connectivity index (χ3v) is 8.32. The molecule has 230 valence electrons. The zero-order valence-electron chi connectivity index (χ0n) is 22.8. The van der Waals surface area contributed by atoms with Crippen molar-refractivity contribution in [3.8, 4) is 0 Å². The maximum atomic E-state index is 15.4.